The van der Waals surface area contributed by atoms with Crippen LogP contribution in [0.4, 0.5) is 0 Å². The van der Waals surface area contributed by atoms with E-state index in [1.165, 1.54) is 50.5 Å². The Bertz CT molecular complexity index is 463. The largest absolute Gasteiger partial charge is 0.324 e. The maximum atomic E-state index is 6.70. The molecule has 0 saturated heterocycles. The molecule has 3 fully saturated rings. The second-order valence-electron chi connectivity index (χ2n) is 7.12. The lowest BCUT2D eigenvalue weighted by atomic mass is 9.74. The van der Waals surface area contributed by atoms with Crippen molar-refractivity contribution in [2.45, 2.75) is 56.9 Å². The Kier molecular flexibility index (Phi) is 2.91. The average molecular weight is 255 g/mol. The minimum absolute atomic E-state index is 0.298. The predicted molar refractivity (Wildman–Crippen MR) is 78.9 cm³/mol. The lowest BCUT2D eigenvalue weighted by Crippen LogP contribution is -2.27. The van der Waals surface area contributed by atoms with Gasteiger partial charge in [0.15, 0.2) is 0 Å². The van der Waals surface area contributed by atoms with Crippen LogP contribution in [0.5, 0.6) is 0 Å². The molecular weight excluding hydrogens is 230 g/mol. The first-order valence-electron chi connectivity index (χ1n) is 8.17. The van der Waals surface area contributed by atoms with Gasteiger partial charge in [-0.2, -0.15) is 0 Å². The molecule has 0 radical (unpaired) electrons. The first kappa shape index (κ1) is 12.0. The molecule has 0 spiro atoms. The molecule has 3 saturated carbocycles. The number of fused-ring (bicyclic) bond motifs is 2. The molecule has 102 valence electrons. The molecule has 0 heterocycles. The molecule has 2 N–H and O–H groups in total. The van der Waals surface area contributed by atoms with E-state index in [0.29, 0.717) is 6.04 Å². The topological polar surface area (TPSA) is 26.0 Å². The van der Waals surface area contributed by atoms with Crippen LogP contribution in [0.3, 0.4) is 0 Å². The Hall–Kier alpha value is -0.820. The highest BCUT2D eigenvalue weighted by Gasteiger charge is 2.43. The summed E-state index contributed by atoms with van der Waals surface area (Å²) in [5.41, 5.74) is 9.75. The monoisotopic (exact) mass is 255 g/mol. The lowest BCUT2D eigenvalue weighted by molar-refractivity contribution is 0.281. The van der Waals surface area contributed by atoms with E-state index in [9.17, 15) is 0 Å². The van der Waals surface area contributed by atoms with E-state index in [1.54, 1.807) is 5.56 Å². The second kappa shape index (κ2) is 4.63. The molecule has 0 amide bonds. The third-order valence-corrected chi connectivity index (χ3v) is 6.15. The summed E-state index contributed by atoms with van der Waals surface area (Å²) in [4.78, 5) is 0. The third kappa shape index (κ3) is 1.94. The van der Waals surface area contributed by atoms with Gasteiger partial charge in [0.1, 0.15) is 0 Å². The fraction of sp³-hybridized carbons (Fsp3) is 0.667. The van der Waals surface area contributed by atoms with Crippen LogP contribution in [0.1, 0.15) is 68.0 Å². The average Bonchev–Trinajstić information content (AvgIpc) is 2.99. The van der Waals surface area contributed by atoms with E-state index in [2.05, 4.69) is 24.3 Å². The van der Waals surface area contributed by atoms with Crippen LogP contribution >= 0.6 is 0 Å². The van der Waals surface area contributed by atoms with E-state index in [1.807, 2.05) is 0 Å². The van der Waals surface area contributed by atoms with Crippen LogP contribution in [0, 0.1) is 17.8 Å². The van der Waals surface area contributed by atoms with E-state index in [-0.39, 0.29) is 0 Å². The molecule has 1 aromatic rings. The molecule has 4 rings (SSSR count). The van der Waals surface area contributed by atoms with Gasteiger partial charge in [-0.1, -0.05) is 37.1 Å². The molecular formula is C18H25N. The summed E-state index contributed by atoms with van der Waals surface area (Å²) in [7, 11) is 0. The van der Waals surface area contributed by atoms with E-state index < -0.39 is 0 Å². The quantitative estimate of drug-likeness (QED) is 0.851. The third-order valence-electron chi connectivity index (χ3n) is 6.15. The van der Waals surface area contributed by atoms with Crippen molar-refractivity contribution in [3.8, 4) is 0 Å². The van der Waals surface area contributed by atoms with Gasteiger partial charge in [-0.25, -0.2) is 0 Å². The second-order valence-corrected chi connectivity index (χ2v) is 7.12. The van der Waals surface area contributed by atoms with Crippen molar-refractivity contribution in [1.29, 1.82) is 0 Å². The lowest BCUT2D eigenvalue weighted by Gasteiger charge is -2.33. The predicted octanol–water partition coefficient (Wildman–Crippen LogP) is 4.39. The van der Waals surface area contributed by atoms with Gasteiger partial charge in [0.2, 0.25) is 0 Å². The van der Waals surface area contributed by atoms with Gasteiger partial charge >= 0.3 is 0 Å². The summed E-state index contributed by atoms with van der Waals surface area (Å²) in [6, 6.07) is 9.33. The zero-order valence-corrected chi connectivity index (χ0v) is 11.7. The van der Waals surface area contributed by atoms with Crippen LogP contribution in [-0.2, 0) is 0 Å². The van der Waals surface area contributed by atoms with Gasteiger partial charge in [-0.15, -0.1) is 0 Å². The van der Waals surface area contributed by atoms with E-state index >= 15 is 0 Å². The van der Waals surface area contributed by atoms with E-state index in [4.69, 9.17) is 5.73 Å². The minimum atomic E-state index is 0.298. The molecule has 19 heavy (non-hydrogen) atoms. The Morgan fingerprint density at radius 1 is 1.00 bits per heavy atom. The Balaban J connectivity index is 1.61. The van der Waals surface area contributed by atoms with Crippen molar-refractivity contribution in [2.75, 3.05) is 0 Å². The summed E-state index contributed by atoms with van der Waals surface area (Å²) in [5, 5.41) is 0. The maximum absolute atomic E-state index is 6.70. The van der Waals surface area contributed by atoms with Gasteiger partial charge in [-0.3, -0.25) is 0 Å². The summed E-state index contributed by atoms with van der Waals surface area (Å²) in [6.07, 6.45) is 9.92. The van der Waals surface area contributed by atoms with Gasteiger partial charge in [0.05, 0.1) is 0 Å². The number of rotatable bonds is 3. The zero-order chi connectivity index (χ0) is 12.8. The normalized spacial score (nSPS) is 35.3. The van der Waals surface area contributed by atoms with Crippen molar-refractivity contribution < 1.29 is 0 Å². The van der Waals surface area contributed by atoms with Gasteiger partial charge in [-0.05, 0) is 66.9 Å². The van der Waals surface area contributed by atoms with Gasteiger partial charge < -0.3 is 5.73 Å². The summed E-state index contributed by atoms with van der Waals surface area (Å²) in [6.45, 7) is 0. The zero-order valence-electron chi connectivity index (χ0n) is 11.7. The summed E-state index contributed by atoms with van der Waals surface area (Å²) < 4.78 is 0. The SMILES string of the molecule is NC(c1ccccc1C1CCC1)C1CC2CCC1C2. The standard InChI is InChI=1S/C18H25N/c19-18(17-11-12-8-9-14(17)10-12)16-7-2-1-6-15(16)13-4-3-5-13/h1-2,6-7,12-14,17-18H,3-5,8-11,19H2. The molecule has 2 bridgehead atoms. The Morgan fingerprint density at radius 3 is 2.47 bits per heavy atom. The molecule has 1 nitrogen and oxygen atoms in total. The van der Waals surface area contributed by atoms with Crippen LogP contribution < -0.4 is 5.73 Å². The molecule has 3 aliphatic carbocycles. The van der Waals surface area contributed by atoms with Crippen molar-refractivity contribution in [1.82, 2.24) is 0 Å². The number of hydrogen-bond donors (Lipinski definition) is 1. The molecule has 4 unspecified atom stereocenters. The molecule has 0 aliphatic heterocycles. The summed E-state index contributed by atoms with van der Waals surface area (Å²) in [5.74, 6) is 3.49. The highest BCUT2D eigenvalue weighted by molar-refractivity contribution is 5.34. The van der Waals surface area contributed by atoms with Gasteiger partial charge in [0.25, 0.3) is 0 Å². The number of nitrogens with two attached hydrogens (primary N) is 1. The fourth-order valence-electron chi connectivity index (χ4n) is 4.87. The smallest absolute Gasteiger partial charge is 0.0329 e. The Morgan fingerprint density at radius 2 is 1.84 bits per heavy atom. The molecule has 0 aromatic heterocycles. The maximum Gasteiger partial charge on any atom is 0.0329 e. The highest BCUT2D eigenvalue weighted by atomic mass is 14.7. The number of hydrogen-bond acceptors (Lipinski definition) is 1. The first-order chi connectivity index (χ1) is 9.33. The van der Waals surface area contributed by atoms with Crippen molar-refractivity contribution in [2.24, 2.45) is 23.5 Å². The van der Waals surface area contributed by atoms with E-state index in [0.717, 1.165) is 23.7 Å². The molecule has 1 heteroatoms. The molecule has 1 aromatic carbocycles. The molecule has 3 aliphatic rings. The van der Waals surface area contributed by atoms with Crippen molar-refractivity contribution in [3.05, 3.63) is 35.4 Å². The fourth-order valence-corrected chi connectivity index (χ4v) is 4.87. The van der Waals surface area contributed by atoms with Crippen LogP contribution in [-0.4, -0.2) is 0 Å². The summed E-state index contributed by atoms with van der Waals surface area (Å²) >= 11 is 0. The molecule has 4 atom stereocenters. The van der Waals surface area contributed by atoms with Crippen LogP contribution in [0.2, 0.25) is 0 Å². The van der Waals surface area contributed by atoms with Crippen LogP contribution in [0.25, 0.3) is 0 Å². The van der Waals surface area contributed by atoms with Crippen molar-refractivity contribution >= 4 is 0 Å². The Labute approximate surface area is 116 Å². The van der Waals surface area contributed by atoms with Crippen molar-refractivity contribution in [3.63, 3.8) is 0 Å². The first-order valence-corrected chi connectivity index (χ1v) is 8.17. The number of benzene rings is 1. The highest BCUT2D eigenvalue weighted by Crippen LogP contribution is 2.53. The minimum Gasteiger partial charge on any atom is -0.324 e. The van der Waals surface area contributed by atoms with Crippen LogP contribution in [0.15, 0.2) is 24.3 Å². The van der Waals surface area contributed by atoms with Gasteiger partial charge in [0, 0.05) is 6.04 Å².